The Labute approximate surface area is 116 Å². The van der Waals surface area contributed by atoms with E-state index >= 15 is 0 Å². The smallest absolute Gasteiger partial charge is 0.119 e. The maximum absolute atomic E-state index is 5.93. The van der Waals surface area contributed by atoms with Gasteiger partial charge in [-0.1, -0.05) is 17.7 Å². The molecule has 1 aromatic heterocycles. The van der Waals surface area contributed by atoms with E-state index in [2.05, 4.69) is 11.1 Å². The van der Waals surface area contributed by atoms with Crippen molar-refractivity contribution in [1.82, 2.24) is 4.98 Å². The van der Waals surface area contributed by atoms with Crippen molar-refractivity contribution >= 4 is 28.2 Å². The first kappa shape index (κ1) is 11.9. The average molecular weight is 273 g/mol. The third-order valence-corrected chi connectivity index (χ3v) is 3.48. The first-order valence-corrected chi connectivity index (χ1v) is 6.27. The molecule has 2 aromatic carbocycles. The number of hydrogen-bond acceptors (Lipinski definition) is 2. The molecule has 0 unspecified atom stereocenters. The number of H-pyrrole nitrogens is 1. The lowest BCUT2D eigenvalue weighted by atomic mass is 10.1. The van der Waals surface area contributed by atoms with Gasteiger partial charge < -0.3 is 15.5 Å². The molecule has 0 saturated carbocycles. The van der Waals surface area contributed by atoms with Crippen LogP contribution in [0.1, 0.15) is 0 Å². The summed E-state index contributed by atoms with van der Waals surface area (Å²) in [4.78, 5) is 3.36. The number of aromatic nitrogens is 1. The molecule has 19 heavy (non-hydrogen) atoms. The van der Waals surface area contributed by atoms with Crippen molar-refractivity contribution in [3.05, 3.63) is 47.5 Å². The SMILES string of the molecule is COc1ccc2[nH]c(-c3ccc(Cl)c(N)c3)cc2c1. The second-order valence-electron chi connectivity index (χ2n) is 4.37. The molecule has 0 aliphatic rings. The summed E-state index contributed by atoms with van der Waals surface area (Å²) in [5, 5.41) is 1.67. The number of nitrogen functional groups attached to an aromatic ring is 1. The number of ether oxygens (including phenoxy) is 1. The molecule has 1 heterocycles. The normalized spacial score (nSPS) is 10.8. The third-order valence-electron chi connectivity index (χ3n) is 3.13. The molecule has 3 rings (SSSR count). The minimum absolute atomic E-state index is 0.571. The Morgan fingerprint density at radius 1 is 1.11 bits per heavy atom. The fourth-order valence-electron chi connectivity index (χ4n) is 2.10. The van der Waals surface area contributed by atoms with Crippen LogP contribution in [-0.2, 0) is 0 Å². The van der Waals surface area contributed by atoms with Crippen molar-refractivity contribution in [3.8, 4) is 17.0 Å². The van der Waals surface area contributed by atoms with Crippen molar-refractivity contribution in [1.29, 1.82) is 0 Å². The van der Waals surface area contributed by atoms with Crippen molar-refractivity contribution < 1.29 is 4.74 Å². The van der Waals surface area contributed by atoms with Crippen molar-refractivity contribution in [2.75, 3.05) is 12.8 Å². The van der Waals surface area contributed by atoms with Crippen LogP contribution in [0.5, 0.6) is 5.75 Å². The second kappa shape index (κ2) is 4.52. The summed E-state index contributed by atoms with van der Waals surface area (Å²) in [5.41, 5.74) is 9.49. The van der Waals surface area contributed by atoms with E-state index in [-0.39, 0.29) is 0 Å². The molecule has 0 bridgehead atoms. The first-order valence-electron chi connectivity index (χ1n) is 5.89. The number of rotatable bonds is 2. The predicted molar refractivity (Wildman–Crippen MR) is 79.7 cm³/mol. The monoisotopic (exact) mass is 272 g/mol. The van der Waals surface area contributed by atoms with Gasteiger partial charge in [0, 0.05) is 22.2 Å². The van der Waals surface area contributed by atoms with Gasteiger partial charge >= 0.3 is 0 Å². The van der Waals surface area contributed by atoms with E-state index in [9.17, 15) is 0 Å². The van der Waals surface area contributed by atoms with Gasteiger partial charge in [0.1, 0.15) is 5.75 Å². The fraction of sp³-hybridized carbons (Fsp3) is 0.0667. The predicted octanol–water partition coefficient (Wildman–Crippen LogP) is 4.08. The minimum Gasteiger partial charge on any atom is -0.497 e. The summed E-state index contributed by atoms with van der Waals surface area (Å²) in [6, 6.07) is 13.6. The fourth-order valence-corrected chi connectivity index (χ4v) is 2.22. The summed E-state index contributed by atoms with van der Waals surface area (Å²) in [6.07, 6.45) is 0. The van der Waals surface area contributed by atoms with Gasteiger partial charge in [0.15, 0.2) is 0 Å². The van der Waals surface area contributed by atoms with Crippen LogP contribution in [0.15, 0.2) is 42.5 Å². The Morgan fingerprint density at radius 2 is 1.95 bits per heavy atom. The highest BCUT2D eigenvalue weighted by atomic mass is 35.5. The van der Waals surface area contributed by atoms with Crippen LogP contribution in [0.3, 0.4) is 0 Å². The number of halogens is 1. The molecular formula is C15H13ClN2O. The number of nitrogens with two attached hydrogens (primary N) is 1. The highest BCUT2D eigenvalue weighted by molar-refractivity contribution is 6.33. The van der Waals surface area contributed by atoms with Gasteiger partial charge in [0.2, 0.25) is 0 Å². The number of hydrogen-bond donors (Lipinski definition) is 2. The van der Waals surface area contributed by atoms with Gasteiger partial charge in [-0.15, -0.1) is 0 Å². The lowest BCUT2D eigenvalue weighted by Crippen LogP contribution is -1.87. The van der Waals surface area contributed by atoms with Crippen molar-refractivity contribution in [3.63, 3.8) is 0 Å². The van der Waals surface area contributed by atoms with Crippen LogP contribution in [0.4, 0.5) is 5.69 Å². The first-order chi connectivity index (χ1) is 9.17. The van der Waals surface area contributed by atoms with E-state index in [1.54, 1.807) is 13.2 Å². The second-order valence-corrected chi connectivity index (χ2v) is 4.78. The summed E-state index contributed by atoms with van der Waals surface area (Å²) in [7, 11) is 1.66. The van der Waals surface area contributed by atoms with Crippen LogP contribution in [0.2, 0.25) is 5.02 Å². The largest absolute Gasteiger partial charge is 0.497 e. The molecule has 3 N–H and O–H groups in total. The van der Waals surface area contributed by atoms with Gasteiger partial charge in [-0.2, -0.15) is 0 Å². The molecule has 3 nitrogen and oxygen atoms in total. The molecule has 0 amide bonds. The minimum atomic E-state index is 0.571. The van der Waals surface area contributed by atoms with E-state index in [1.807, 2.05) is 30.3 Å². The zero-order chi connectivity index (χ0) is 13.4. The summed E-state index contributed by atoms with van der Waals surface area (Å²) < 4.78 is 5.22. The molecule has 0 aliphatic carbocycles. The van der Waals surface area contributed by atoms with Crippen LogP contribution in [-0.4, -0.2) is 12.1 Å². The van der Waals surface area contributed by atoms with Gasteiger partial charge in [0.25, 0.3) is 0 Å². The Balaban J connectivity index is 2.11. The molecule has 0 fully saturated rings. The van der Waals surface area contributed by atoms with Crippen LogP contribution in [0, 0.1) is 0 Å². The molecule has 0 spiro atoms. The zero-order valence-corrected chi connectivity index (χ0v) is 11.2. The van der Waals surface area contributed by atoms with Gasteiger partial charge in [-0.05, 0) is 36.4 Å². The quantitative estimate of drug-likeness (QED) is 0.691. The van der Waals surface area contributed by atoms with Crippen LogP contribution in [0.25, 0.3) is 22.2 Å². The number of methoxy groups -OCH3 is 1. The average Bonchev–Trinajstić information content (AvgIpc) is 2.84. The van der Waals surface area contributed by atoms with E-state index in [0.29, 0.717) is 10.7 Å². The number of nitrogens with one attached hydrogen (secondary N) is 1. The number of fused-ring (bicyclic) bond motifs is 1. The van der Waals surface area contributed by atoms with E-state index in [1.165, 1.54) is 0 Å². The van der Waals surface area contributed by atoms with E-state index < -0.39 is 0 Å². The molecule has 3 aromatic rings. The van der Waals surface area contributed by atoms with Gasteiger partial charge in [-0.25, -0.2) is 0 Å². The standard InChI is InChI=1S/C15H13ClN2O/c1-19-11-3-5-14-10(6-11)8-15(18-14)9-2-4-12(16)13(17)7-9/h2-8,18H,17H2,1H3. The molecule has 0 radical (unpaired) electrons. The maximum atomic E-state index is 5.93. The molecule has 96 valence electrons. The highest BCUT2D eigenvalue weighted by Gasteiger charge is 2.06. The van der Waals surface area contributed by atoms with E-state index in [4.69, 9.17) is 22.1 Å². The molecule has 0 atom stereocenters. The van der Waals surface area contributed by atoms with Gasteiger partial charge in [0.05, 0.1) is 17.8 Å². The van der Waals surface area contributed by atoms with Gasteiger partial charge in [-0.3, -0.25) is 0 Å². The topological polar surface area (TPSA) is 51.0 Å². The van der Waals surface area contributed by atoms with Crippen molar-refractivity contribution in [2.45, 2.75) is 0 Å². The summed E-state index contributed by atoms with van der Waals surface area (Å²) in [6.45, 7) is 0. The number of benzene rings is 2. The summed E-state index contributed by atoms with van der Waals surface area (Å²) in [5.74, 6) is 0.841. The molecule has 0 aliphatic heterocycles. The third kappa shape index (κ3) is 2.13. The van der Waals surface area contributed by atoms with Crippen LogP contribution >= 0.6 is 11.6 Å². The Morgan fingerprint density at radius 3 is 2.68 bits per heavy atom. The zero-order valence-electron chi connectivity index (χ0n) is 10.4. The molecular weight excluding hydrogens is 260 g/mol. The number of anilines is 1. The Kier molecular flexibility index (Phi) is 2.84. The Bertz CT molecular complexity index is 749. The molecule has 4 heteroatoms. The number of aromatic amines is 1. The summed E-state index contributed by atoms with van der Waals surface area (Å²) >= 11 is 5.93. The lowest BCUT2D eigenvalue weighted by molar-refractivity contribution is 0.415. The lowest BCUT2D eigenvalue weighted by Gasteiger charge is -2.01. The molecule has 0 saturated heterocycles. The van der Waals surface area contributed by atoms with Crippen molar-refractivity contribution in [2.24, 2.45) is 0 Å². The van der Waals surface area contributed by atoms with Crippen LogP contribution < -0.4 is 10.5 Å². The highest BCUT2D eigenvalue weighted by Crippen LogP contribution is 2.30. The maximum Gasteiger partial charge on any atom is 0.119 e. The Hall–Kier alpha value is -2.13. The van der Waals surface area contributed by atoms with E-state index in [0.717, 1.165) is 27.9 Å².